The molecule has 0 N–H and O–H groups in total. The number of ether oxygens (including phenoxy) is 1. The Balaban J connectivity index is 0.965. The van der Waals surface area contributed by atoms with Gasteiger partial charge in [0.2, 0.25) is 0 Å². The van der Waals surface area contributed by atoms with E-state index in [0.717, 1.165) is 76.0 Å². The first kappa shape index (κ1) is 30.5. The number of anilines is 1. The van der Waals surface area contributed by atoms with Crippen molar-refractivity contribution in [2.24, 2.45) is 28.6 Å². The van der Waals surface area contributed by atoms with Crippen LogP contribution < -0.4 is 9.64 Å². The monoisotopic (exact) mass is 618 g/mol. The zero-order valence-electron chi connectivity index (χ0n) is 27.0. The van der Waals surface area contributed by atoms with Gasteiger partial charge in [-0.2, -0.15) is 0 Å². The lowest BCUT2D eigenvalue weighted by Gasteiger charge is -2.56. The largest absolute Gasteiger partial charge is 0.434 e. The second kappa shape index (κ2) is 11.9. The average Bonchev–Trinajstić information content (AvgIpc) is 3.38. The standard InChI is InChI=1S/C35H47FN6O3/c1-4-42(23(2)3)33(44)29-16-27(36)7-8-30(29)45-32-31(37-22-38-39-32)41-20-34(21-41)11-13-40(14-12-34)19-25-15-26-6-5-24(25)17-35(26)10-9-28(43)18-35/h7-8,16,22-26H,4-6,9-15,17-21H2,1-3H3/t24?,25-,26?,35?/m0/s1. The van der Waals surface area contributed by atoms with E-state index in [2.05, 4.69) is 25.0 Å². The minimum absolute atomic E-state index is 0.0372. The molecule has 4 atom stereocenters. The van der Waals surface area contributed by atoms with Crippen molar-refractivity contribution < 1.29 is 18.7 Å². The van der Waals surface area contributed by atoms with Gasteiger partial charge in [-0.1, -0.05) is 0 Å². The topological polar surface area (TPSA) is 91.8 Å². The molecule has 2 aromatic rings. The Bertz CT molecular complexity index is 1440. The Kier molecular flexibility index (Phi) is 8.07. The molecule has 3 unspecified atom stereocenters. The van der Waals surface area contributed by atoms with Gasteiger partial charge in [0, 0.05) is 50.5 Å². The minimum atomic E-state index is -0.496. The van der Waals surface area contributed by atoms with E-state index in [4.69, 9.17) is 4.74 Å². The molecular weight excluding hydrogens is 571 g/mol. The smallest absolute Gasteiger partial charge is 0.282 e. The van der Waals surface area contributed by atoms with Crippen molar-refractivity contribution in [3.8, 4) is 11.6 Å². The summed E-state index contributed by atoms with van der Waals surface area (Å²) >= 11 is 0. The van der Waals surface area contributed by atoms with Gasteiger partial charge in [0.25, 0.3) is 11.8 Å². The van der Waals surface area contributed by atoms with Crippen LogP contribution in [0.3, 0.4) is 0 Å². The lowest BCUT2D eigenvalue weighted by Crippen LogP contribution is -2.61. The highest BCUT2D eigenvalue weighted by molar-refractivity contribution is 5.97. The molecule has 8 rings (SSSR count). The van der Waals surface area contributed by atoms with Gasteiger partial charge in [-0.25, -0.2) is 9.37 Å². The fourth-order valence-electron chi connectivity index (χ4n) is 9.62. The summed E-state index contributed by atoms with van der Waals surface area (Å²) < 4.78 is 20.4. The summed E-state index contributed by atoms with van der Waals surface area (Å²) in [6.07, 6.45) is 11.9. The molecule has 2 saturated heterocycles. The van der Waals surface area contributed by atoms with E-state index in [1.165, 1.54) is 56.8 Å². The molecule has 6 fully saturated rings. The second-order valence-electron chi connectivity index (χ2n) is 15.0. The number of carbonyl (C=O) groups excluding carboxylic acids is 2. The maximum absolute atomic E-state index is 14.3. The predicted octanol–water partition coefficient (Wildman–Crippen LogP) is 5.75. The number of ketones is 1. The maximum Gasteiger partial charge on any atom is 0.282 e. The maximum atomic E-state index is 14.3. The average molecular weight is 619 g/mol. The Labute approximate surface area is 265 Å². The van der Waals surface area contributed by atoms with Crippen LogP contribution in [-0.2, 0) is 4.79 Å². The second-order valence-corrected chi connectivity index (χ2v) is 15.0. The molecule has 0 radical (unpaired) electrons. The molecule has 242 valence electrons. The lowest BCUT2D eigenvalue weighted by atomic mass is 9.52. The first-order chi connectivity index (χ1) is 21.7. The molecule has 1 aromatic carbocycles. The summed E-state index contributed by atoms with van der Waals surface area (Å²) in [6, 6.07) is 3.96. The van der Waals surface area contributed by atoms with Crippen molar-refractivity contribution in [2.45, 2.75) is 84.6 Å². The summed E-state index contributed by atoms with van der Waals surface area (Å²) in [7, 11) is 0. The third-order valence-electron chi connectivity index (χ3n) is 12.1. The highest BCUT2D eigenvalue weighted by Gasteiger charge is 2.54. The minimum Gasteiger partial charge on any atom is -0.434 e. The number of nitrogens with zero attached hydrogens (tertiary/aromatic N) is 6. The highest BCUT2D eigenvalue weighted by Crippen LogP contribution is 2.61. The van der Waals surface area contributed by atoms with Gasteiger partial charge in [-0.3, -0.25) is 9.59 Å². The molecule has 2 bridgehead atoms. The fourth-order valence-corrected chi connectivity index (χ4v) is 9.62. The first-order valence-corrected chi connectivity index (χ1v) is 17.1. The normalized spacial score (nSPS) is 29.0. The summed E-state index contributed by atoms with van der Waals surface area (Å²) in [5, 5.41) is 8.20. The fraction of sp³-hybridized carbons (Fsp3) is 0.686. The molecule has 1 aromatic heterocycles. The van der Waals surface area contributed by atoms with Gasteiger partial charge in [0.15, 0.2) is 5.82 Å². The number of halogens is 1. The number of rotatable bonds is 8. The number of aromatic nitrogens is 3. The van der Waals surface area contributed by atoms with Crippen molar-refractivity contribution in [3.05, 3.63) is 35.9 Å². The quantitative estimate of drug-likeness (QED) is 0.369. The SMILES string of the molecule is CCN(C(=O)c1cc(F)ccc1Oc1nncnc1N1CC2(CCN(C[C@@H]3CC4CCC3CC43CCC(=O)C3)CC2)C1)C(C)C. The van der Waals surface area contributed by atoms with Crippen molar-refractivity contribution in [2.75, 3.05) is 44.2 Å². The molecule has 1 amide bonds. The van der Waals surface area contributed by atoms with Crippen LogP contribution in [0.25, 0.3) is 0 Å². The van der Waals surface area contributed by atoms with Crippen molar-refractivity contribution in [1.29, 1.82) is 0 Å². The van der Waals surface area contributed by atoms with Crippen molar-refractivity contribution >= 4 is 17.5 Å². The number of carbonyl (C=O) groups is 2. The molecule has 6 aliphatic rings. The third-order valence-corrected chi connectivity index (χ3v) is 12.1. The van der Waals surface area contributed by atoms with E-state index in [9.17, 15) is 14.0 Å². The summed E-state index contributed by atoms with van der Waals surface area (Å²) in [4.78, 5) is 36.6. The van der Waals surface area contributed by atoms with Crippen LogP contribution in [0, 0.1) is 34.4 Å². The van der Waals surface area contributed by atoms with E-state index >= 15 is 0 Å². The Morgan fingerprint density at radius 3 is 2.64 bits per heavy atom. The molecule has 45 heavy (non-hydrogen) atoms. The van der Waals surface area contributed by atoms with Crippen LogP contribution >= 0.6 is 0 Å². The van der Waals surface area contributed by atoms with Crippen LogP contribution in [0.4, 0.5) is 10.2 Å². The van der Waals surface area contributed by atoms with Crippen LogP contribution in [0.1, 0.15) is 88.9 Å². The zero-order chi connectivity index (χ0) is 31.3. The number of hydrogen-bond donors (Lipinski definition) is 0. The first-order valence-electron chi connectivity index (χ1n) is 17.1. The molecule has 3 heterocycles. The molecule has 4 aliphatic carbocycles. The Morgan fingerprint density at radius 1 is 1.18 bits per heavy atom. The van der Waals surface area contributed by atoms with Crippen LogP contribution in [0.2, 0.25) is 0 Å². The number of piperidine rings is 1. The van der Waals surface area contributed by atoms with E-state index in [1.807, 2.05) is 20.8 Å². The Morgan fingerprint density at radius 2 is 1.98 bits per heavy atom. The van der Waals surface area contributed by atoms with Crippen LogP contribution in [0.5, 0.6) is 11.6 Å². The number of fused-ring (bicyclic) bond motifs is 2. The van der Waals surface area contributed by atoms with Crippen molar-refractivity contribution in [3.63, 3.8) is 0 Å². The zero-order valence-corrected chi connectivity index (χ0v) is 27.0. The molecule has 4 saturated carbocycles. The molecule has 10 heteroatoms. The third kappa shape index (κ3) is 5.72. The number of hydrogen-bond acceptors (Lipinski definition) is 8. The van der Waals surface area contributed by atoms with Gasteiger partial charge in [-0.05, 0) is 120 Å². The van der Waals surface area contributed by atoms with Gasteiger partial charge in [0.1, 0.15) is 23.7 Å². The van der Waals surface area contributed by atoms with Crippen molar-refractivity contribution in [1.82, 2.24) is 25.0 Å². The Hall–Kier alpha value is -3.14. The van der Waals surface area contributed by atoms with E-state index in [1.54, 1.807) is 4.90 Å². The van der Waals surface area contributed by atoms with Gasteiger partial charge < -0.3 is 19.4 Å². The van der Waals surface area contributed by atoms with E-state index < -0.39 is 5.82 Å². The van der Waals surface area contributed by atoms with Gasteiger partial charge in [-0.15, -0.1) is 10.2 Å². The molecular formula is C35H47FN6O3. The summed E-state index contributed by atoms with van der Waals surface area (Å²) in [5.74, 6) is 3.15. The van der Waals surface area contributed by atoms with Gasteiger partial charge in [0.05, 0.1) is 5.56 Å². The van der Waals surface area contributed by atoms with E-state index in [-0.39, 0.29) is 34.6 Å². The number of Topliss-reactive ketones (excluding diaryl/α,β-unsaturated/α-hetero) is 1. The number of benzene rings is 1. The van der Waals surface area contributed by atoms with Crippen LogP contribution in [-0.4, -0.2) is 82.0 Å². The number of amides is 1. The molecule has 9 nitrogen and oxygen atoms in total. The summed E-state index contributed by atoms with van der Waals surface area (Å²) in [5.41, 5.74) is 0.773. The molecule has 2 spiro atoms. The summed E-state index contributed by atoms with van der Waals surface area (Å²) in [6.45, 7) is 11.5. The lowest BCUT2D eigenvalue weighted by molar-refractivity contribution is -0.120. The van der Waals surface area contributed by atoms with Crippen LogP contribution in [0.15, 0.2) is 24.5 Å². The number of likely N-dealkylation sites (tertiary alicyclic amines) is 1. The predicted molar refractivity (Wildman–Crippen MR) is 169 cm³/mol. The molecule has 2 aliphatic heterocycles. The highest BCUT2D eigenvalue weighted by atomic mass is 19.1. The van der Waals surface area contributed by atoms with Gasteiger partial charge >= 0.3 is 0 Å². The van der Waals surface area contributed by atoms with E-state index in [0.29, 0.717) is 23.6 Å².